The Hall–Kier alpha value is -2.05. The Kier molecular flexibility index (Phi) is 4.63. The van der Waals surface area contributed by atoms with Gasteiger partial charge in [-0.3, -0.25) is 9.36 Å². The minimum absolute atomic E-state index is 0.0284. The minimum Gasteiger partial charge on any atom is -0.370 e. The van der Waals surface area contributed by atoms with Crippen LogP contribution in [0.3, 0.4) is 0 Å². The highest BCUT2D eigenvalue weighted by molar-refractivity contribution is 7.18. The van der Waals surface area contributed by atoms with E-state index < -0.39 is 0 Å². The lowest BCUT2D eigenvalue weighted by Crippen LogP contribution is -3.13. The summed E-state index contributed by atoms with van der Waals surface area (Å²) in [6.45, 7) is 3.91. The van der Waals surface area contributed by atoms with Crippen molar-refractivity contribution in [2.45, 2.75) is 13.1 Å². The van der Waals surface area contributed by atoms with E-state index in [0.717, 1.165) is 41.6 Å². The standard InChI is InChI=1S/C17H16N4O2S2/c18-3-4-21-14(10-20-5-7-23-8-6-20)19-16-15(17(21)22)12(11-25-16)13-2-1-9-24-13/h1-2,9,11H,4-8,10H2/p+1. The van der Waals surface area contributed by atoms with Gasteiger partial charge in [-0.1, -0.05) is 6.07 Å². The Bertz CT molecular complexity index is 979. The van der Waals surface area contributed by atoms with Gasteiger partial charge in [0.2, 0.25) is 0 Å². The number of rotatable bonds is 4. The molecule has 25 heavy (non-hydrogen) atoms. The zero-order valence-electron chi connectivity index (χ0n) is 13.5. The maximum atomic E-state index is 13.1. The molecule has 1 aliphatic heterocycles. The number of fused-ring (bicyclic) bond motifs is 1. The molecule has 0 atom stereocenters. The average molecular weight is 373 g/mol. The van der Waals surface area contributed by atoms with E-state index in [9.17, 15) is 10.1 Å². The fraction of sp³-hybridized carbons (Fsp3) is 0.353. The average Bonchev–Trinajstić information content (AvgIpc) is 3.28. The first-order valence-corrected chi connectivity index (χ1v) is 9.87. The quantitative estimate of drug-likeness (QED) is 0.744. The zero-order chi connectivity index (χ0) is 17.2. The second-order valence-corrected chi connectivity index (χ2v) is 7.73. The lowest BCUT2D eigenvalue weighted by molar-refractivity contribution is -0.922. The van der Waals surface area contributed by atoms with E-state index in [0.29, 0.717) is 17.8 Å². The van der Waals surface area contributed by atoms with Crippen LogP contribution < -0.4 is 10.5 Å². The van der Waals surface area contributed by atoms with Crippen LogP contribution in [0.2, 0.25) is 0 Å². The third kappa shape index (κ3) is 3.12. The number of hydrogen-bond acceptors (Lipinski definition) is 6. The maximum absolute atomic E-state index is 13.1. The zero-order valence-corrected chi connectivity index (χ0v) is 15.2. The molecule has 0 unspecified atom stereocenters. The number of aromatic nitrogens is 2. The van der Waals surface area contributed by atoms with E-state index >= 15 is 0 Å². The molecule has 8 heteroatoms. The number of thiophene rings is 2. The summed E-state index contributed by atoms with van der Waals surface area (Å²) in [5.74, 6) is 0.690. The molecule has 6 nitrogen and oxygen atoms in total. The molecule has 0 radical (unpaired) electrons. The Balaban J connectivity index is 1.82. The first-order chi connectivity index (χ1) is 12.3. The molecule has 0 amide bonds. The summed E-state index contributed by atoms with van der Waals surface area (Å²) in [4.78, 5) is 21.0. The molecule has 0 saturated carbocycles. The van der Waals surface area contributed by atoms with E-state index in [4.69, 9.17) is 9.72 Å². The number of nitriles is 1. The van der Waals surface area contributed by atoms with E-state index in [2.05, 4.69) is 6.07 Å². The summed E-state index contributed by atoms with van der Waals surface area (Å²) in [6, 6.07) is 6.09. The molecular formula is C17H17N4O2S2+. The fourth-order valence-corrected chi connectivity index (χ4v) is 4.88. The summed E-state index contributed by atoms with van der Waals surface area (Å²) < 4.78 is 6.93. The number of quaternary nitrogens is 1. The van der Waals surface area contributed by atoms with Crippen molar-refractivity contribution in [3.8, 4) is 16.5 Å². The monoisotopic (exact) mass is 373 g/mol. The Labute approximate surface area is 152 Å². The molecule has 0 bridgehead atoms. The van der Waals surface area contributed by atoms with Gasteiger partial charge < -0.3 is 9.64 Å². The largest absolute Gasteiger partial charge is 0.370 e. The van der Waals surface area contributed by atoms with Gasteiger partial charge in [0.1, 0.15) is 31.0 Å². The van der Waals surface area contributed by atoms with E-state index in [1.807, 2.05) is 22.9 Å². The van der Waals surface area contributed by atoms with Gasteiger partial charge in [0, 0.05) is 15.8 Å². The fourth-order valence-electron chi connectivity index (χ4n) is 3.11. The first-order valence-electron chi connectivity index (χ1n) is 8.11. The molecule has 0 spiro atoms. The summed E-state index contributed by atoms with van der Waals surface area (Å²) in [7, 11) is 0. The highest BCUT2D eigenvalue weighted by Crippen LogP contribution is 2.33. The molecule has 1 aliphatic rings. The molecular weight excluding hydrogens is 356 g/mol. The van der Waals surface area contributed by atoms with Gasteiger partial charge in [0.05, 0.1) is 24.7 Å². The number of ether oxygens (including phenoxy) is 1. The first kappa shape index (κ1) is 16.4. The van der Waals surface area contributed by atoms with Gasteiger partial charge in [-0.15, -0.1) is 22.7 Å². The molecule has 1 fully saturated rings. The van der Waals surface area contributed by atoms with Crippen molar-refractivity contribution < 1.29 is 9.64 Å². The molecule has 0 aromatic carbocycles. The second kappa shape index (κ2) is 7.06. The van der Waals surface area contributed by atoms with Crippen molar-refractivity contribution in [2.75, 3.05) is 26.3 Å². The molecule has 0 aliphatic carbocycles. The SMILES string of the molecule is N#CCn1c(C[NH+]2CCOCC2)nc2scc(-c3cccs3)c2c1=O. The predicted octanol–water partition coefficient (Wildman–Crippen LogP) is 1.13. The van der Waals surface area contributed by atoms with E-state index in [-0.39, 0.29) is 12.1 Å². The Morgan fingerprint density at radius 2 is 2.20 bits per heavy atom. The van der Waals surface area contributed by atoms with Crippen LogP contribution in [-0.2, 0) is 17.8 Å². The van der Waals surface area contributed by atoms with Gasteiger partial charge in [-0.2, -0.15) is 5.26 Å². The van der Waals surface area contributed by atoms with E-state index in [1.165, 1.54) is 20.8 Å². The highest BCUT2D eigenvalue weighted by atomic mass is 32.1. The number of hydrogen-bond donors (Lipinski definition) is 1. The number of morpholine rings is 1. The smallest absolute Gasteiger partial charge is 0.264 e. The lowest BCUT2D eigenvalue weighted by Gasteiger charge is -2.24. The summed E-state index contributed by atoms with van der Waals surface area (Å²) in [6.07, 6.45) is 0. The van der Waals surface area contributed by atoms with E-state index in [1.54, 1.807) is 11.3 Å². The van der Waals surface area contributed by atoms with Gasteiger partial charge in [-0.25, -0.2) is 4.98 Å². The second-order valence-electron chi connectivity index (χ2n) is 5.92. The molecule has 3 aromatic rings. The van der Waals surface area contributed by atoms with Crippen LogP contribution in [0.5, 0.6) is 0 Å². The molecule has 1 saturated heterocycles. The van der Waals surface area contributed by atoms with Crippen LogP contribution in [0.25, 0.3) is 20.7 Å². The van der Waals surface area contributed by atoms with Crippen molar-refractivity contribution >= 4 is 32.9 Å². The predicted molar refractivity (Wildman–Crippen MR) is 98.0 cm³/mol. The van der Waals surface area contributed by atoms with Gasteiger partial charge in [0.25, 0.3) is 5.56 Å². The Morgan fingerprint density at radius 1 is 1.36 bits per heavy atom. The van der Waals surface area contributed by atoms with Gasteiger partial charge in [0.15, 0.2) is 5.82 Å². The molecule has 128 valence electrons. The number of nitrogens with zero attached hydrogens (tertiary/aromatic N) is 3. The van der Waals surface area contributed by atoms with Crippen molar-refractivity contribution in [2.24, 2.45) is 0 Å². The normalized spacial score (nSPS) is 15.5. The van der Waals surface area contributed by atoms with Crippen LogP contribution >= 0.6 is 22.7 Å². The van der Waals surface area contributed by atoms with Crippen molar-refractivity contribution in [3.63, 3.8) is 0 Å². The minimum atomic E-state index is -0.112. The van der Waals surface area contributed by atoms with Crippen LogP contribution in [-0.4, -0.2) is 35.9 Å². The van der Waals surface area contributed by atoms with Crippen molar-refractivity contribution in [1.82, 2.24) is 9.55 Å². The third-order valence-electron chi connectivity index (χ3n) is 4.40. The third-order valence-corrected chi connectivity index (χ3v) is 6.17. The van der Waals surface area contributed by atoms with Crippen LogP contribution in [0.1, 0.15) is 5.82 Å². The van der Waals surface area contributed by atoms with Gasteiger partial charge in [-0.05, 0) is 11.4 Å². The lowest BCUT2D eigenvalue weighted by atomic mass is 10.2. The molecule has 4 rings (SSSR count). The number of nitrogens with one attached hydrogen (secondary N) is 1. The molecule has 4 heterocycles. The molecule has 3 aromatic heterocycles. The van der Waals surface area contributed by atoms with Crippen molar-refractivity contribution in [1.29, 1.82) is 5.26 Å². The summed E-state index contributed by atoms with van der Waals surface area (Å²) in [5.41, 5.74) is 0.809. The van der Waals surface area contributed by atoms with Crippen LogP contribution in [0, 0.1) is 11.3 Å². The maximum Gasteiger partial charge on any atom is 0.264 e. The topological polar surface area (TPSA) is 72.3 Å². The summed E-state index contributed by atoms with van der Waals surface area (Å²) in [5, 5.41) is 13.8. The molecule has 1 N–H and O–H groups in total. The van der Waals surface area contributed by atoms with Crippen LogP contribution in [0.4, 0.5) is 0 Å². The van der Waals surface area contributed by atoms with Crippen LogP contribution in [0.15, 0.2) is 27.7 Å². The van der Waals surface area contributed by atoms with Gasteiger partial charge >= 0.3 is 0 Å². The van der Waals surface area contributed by atoms with Crippen molar-refractivity contribution in [3.05, 3.63) is 39.1 Å². The Morgan fingerprint density at radius 3 is 2.92 bits per heavy atom. The summed E-state index contributed by atoms with van der Waals surface area (Å²) >= 11 is 3.10. The highest BCUT2D eigenvalue weighted by Gasteiger charge is 2.21.